The number of para-hydroxylation sites is 2. The summed E-state index contributed by atoms with van der Waals surface area (Å²) in [6, 6.07) is 16.7. The van der Waals surface area contributed by atoms with Crippen molar-refractivity contribution < 1.29 is 19.1 Å². The molecule has 0 radical (unpaired) electrons. The topological polar surface area (TPSA) is 59.1 Å². The molecule has 0 spiro atoms. The van der Waals surface area contributed by atoms with Gasteiger partial charge in [-0.1, -0.05) is 42.1 Å². The number of thioether (sulfide) groups is 1. The summed E-state index contributed by atoms with van der Waals surface area (Å²) in [5, 5.41) is 0. The Balaban J connectivity index is 1.76. The molecular formula is C21H20N2O4S. The van der Waals surface area contributed by atoms with Crippen LogP contribution in [0.5, 0.6) is 5.75 Å². The van der Waals surface area contributed by atoms with Gasteiger partial charge in [0.25, 0.3) is 11.8 Å². The Morgan fingerprint density at radius 1 is 0.929 bits per heavy atom. The molecule has 1 fully saturated rings. The van der Waals surface area contributed by atoms with Crippen LogP contribution in [-0.4, -0.2) is 50.1 Å². The fraction of sp³-hybridized carbons (Fsp3) is 0.238. The summed E-state index contributed by atoms with van der Waals surface area (Å²) in [5.41, 5.74) is 0.891. The summed E-state index contributed by atoms with van der Waals surface area (Å²) >= 11 is 1.32. The zero-order valence-electron chi connectivity index (χ0n) is 15.5. The molecule has 0 bridgehead atoms. The molecule has 4 rings (SSSR count). The largest absolute Gasteiger partial charge is 0.495 e. The monoisotopic (exact) mass is 396 g/mol. The first-order valence-corrected chi connectivity index (χ1v) is 9.84. The standard InChI is InChI=1S/C21H20N2O4S/c1-26-17-10-6-5-9-16(17)23-20(24)18(22-11-13-27-14-12-22)19(21(23)25)28-15-7-3-2-4-8-15/h2-10H,11-14H2,1H3. The van der Waals surface area contributed by atoms with Crippen molar-refractivity contribution in [1.82, 2.24) is 4.90 Å². The molecule has 0 aromatic heterocycles. The minimum atomic E-state index is -0.329. The fourth-order valence-corrected chi connectivity index (χ4v) is 4.32. The Hall–Kier alpha value is -2.77. The lowest BCUT2D eigenvalue weighted by atomic mass is 10.2. The predicted molar refractivity (Wildman–Crippen MR) is 107 cm³/mol. The van der Waals surface area contributed by atoms with Gasteiger partial charge in [0.15, 0.2) is 0 Å². The molecule has 0 aliphatic carbocycles. The van der Waals surface area contributed by atoms with Crippen LogP contribution in [0, 0.1) is 0 Å². The number of nitrogens with zero attached hydrogens (tertiary/aromatic N) is 2. The zero-order valence-corrected chi connectivity index (χ0v) is 16.3. The van der Waals surface area contributed by atoms with Gasteiger partial charge in [-0.15, -0.1) is 0 Å². The van der Waals surface area contributed by atoms with Crippen LogP contribution in [0.3, 0.4) is 0 Å². The number of rotatable bonds is 5. The van der Waals surface area contributed by atoms with Crippen molar-refractivity contribution in [2.75, 3.05) is 38.3 Å². The molecule has 0 unspecified atom stereocenters. The van der Waals surface area contributed by atoms with Crippen molar-refractivity contribution in [1.29, 1.82) is 0 Å². The second kappa shape index (κ2) is 8.08. The number of carbonyl (C=O) groups excluding carboxylic acids is 2. The highest BCUT2D eigenvalue weighted by molar-refractivity contribution is 8.04. The van der Waals surface area contributed by atoms with Gasteiger partial charge in [-0.3, -0.25) is 9.59 Å². The molecule has 2 heterocycles. The van der Waals surface area contributed by atoms with Crippen LogP contribution in [0.25, 0.3) is 0 Å². The Labute approximate surface area is 167 Å². The molecule has 2 aliphatic rings. The van der Waals surface area contributed by atoms with Gasteiger partial charge in [0.2, 0.25) is 0 Å². The Morgan fingerprint density at radius 2 is 1.61 bits per heavy atom. The summed E-state index contributed by atoms with van der Waals surface area (Å²) in [6.07, 6.45) is 0. The fourth-order valence-electron chi connectivity index (χ4n) is 3.30. The highest BCUT2D eigenvalue weighted by atomic mass is 32.2. The van der Waals surface area contributed by atoms with E-state index in [1.54, 1.807) is 18.2 Å². The number of carbonyl (C=O) groups is 2. The molecule has 0 atom stereocenters. The molecule has 6 nitrogen and oxygen atoms in total. The van der Waals surface area contributed by atoms with Crippen LogP contribution >= 0.6 is 11.8 Å². The van der Waals surface area contributed by atoms with E-state index >= 15 is 0 Å². The number of imide groups is 1. The maximum absolute atomic E-state index is 13.4. The van der Waals surface area contributed by atoms with Crippen LogP contribution in [0.15, 0.2) is 70.1 Å². The lowest BCUT2D eigenvalue weighted by Gasteiger charge is -2.29. The number of benzene rings is 2. The van der Waals surface area contributed by atoms with E-state index in [0.717, 1.165) is 4.90 Å². The maximum atomic E-state index is 13.4. The first-order chi connectivity index (χ1) is 13.7. The van der Waals surface area contributed by atoms with Crippen molar-refractivity contribution in [3.8, 4) is 5.75 Å². The average Bonchev–Trinajstić information content (AvgIpc) is 2.99. The third kappa shape index (κ3) is 3.39. The van der Waals surface area contributed by atoms with Crippen LogP contribution in [0.2, 0.25) is 0 Å². The second-order valence-electron chi connectivity index (χ2n) is 6.31. The minimum absolute atomic E-state index is 0.324. The second-order valence-corrected chi connectivity index (χ2v) is 7.39. The van der Waals surface area contributed by atoms with Crippen molar-refractivity contribution in [3.05, 3.63) is 65.2 Å². The average molecular weight is 396 g/mol. The SMILES string of the molecule is COc1ccccc1N1C(=O)C(Sc2ccccc2)=C(N2CCOCC2)C1=O. The van der Waals surface area contributed by atoms with Gasteiger partial charge in [0.05, 0.1) is 26.0 Å². The van der Waals surface area contributed by atoms with E-state index in [-0.39, 0.29) is 11.8 Å². The Morgan fingerprint density at radius 3 is 2.32 bits per heavy atom. The minimum Gasteiger partial charge on any atom is -0.495 e. The van der Waals surface area contributed by atoms with Crippen molar-refractivity contribution >= 4 is 29.3 Å². The number of amides is 2. The molecule has 2 aromatic carbocycles. The van der Waals surface area contributed by atoms with E-state index in [1.807, 2.05) is 41.3 Å². The van der Waals surface area contributed by atoms with Gasteiger partial charge in [-0.05, 0) is 24.3 Å². The Kier molecular flexibility index (Phi) is 5.36. The van der Waals surface area contributed by atoms with E-state index in [2.05, 4.69) is 0 Å². The summed E-state index contributed by atoms with van der Waals surface area (Å²) in [5.74, 6) is -0.170. The molecule has 2 amide bonds. The van der Waals surface area contributed by atoms with Gasteiger partial charge in [0.1, 0.15) is 16.4 Å². The first-order valence-electron chi connectivity index (χ1n) is 9.02. The van der Waals surface area contributed by atoms with Crippen LogP contribution in [0.1, 0.15) is 0 Å². The van der Waals surface area contributed by atoms with Crippen molar-refractivity contribution in [2.24, 2.45) is 0 Å². The number of morpholine rings is 1. The molecule has 0 saturated carbocycles. The molecule has 7 heteroatoms. The molecule has 1 saturated heterocycles. The van der Waals surface area contributed by atoms with Crippen LogP contribution in [0.4, 0.5) is 5.69 Å². The maximum Gasteiger partial charge on any atom is 0.283 e. The van der Waals surface area contributed by atoms with Gasteiger partial charge in [-0.2, -0.15) is 0 Å². The molecule has 28 heavy (non-hydrogen) atoms. The summed E-state index contributed by atoms with van der Waals surface area (Å²) in [6.45, 7) is 2.21. The molecule has 144 valence electrons. The van der Waals surface area contributed by atoms with E-state index in [4.69, 9.17) is 9.47 Å². The first kappa shape index (κ1) is 18.6. The highest BCUT2D eigenvalue weighted by Crippen LogP contribution is 2.41. The normalized spacial score (nSPS) is 17.5. The predicted octanol–water partition coefficient (Wildman–Crippen LogP) is 2.90. The molecular weight excluding hydrogens is 376 g/mol. The lowest BCUT2D eigenvalue weighted by molar-refractivity contribution is -0.121. The number of methoxy groups -OCH3 is 1. The van der Waals surface area contributed by atoms with E-state index in [0.29, 0.717) is 48.3 Å². The number of hydrogen-bond acceptors (Lipinski definition) is 6. The molecule has 2 aliphatic heterocycles. The van der Waals surface area contributed by atoms with Gasteiger partial charge < -0.3 is 14.4 Å². The van der Waals surface area contributed by atoms with Crippen LogP contribution in [-0.2, 0) is 14.3 Å². The van der Waals surface area contributed by atoms with Gasteiger partial charge in [0, 0.05) is 18.0 Å². The summed E-state index contributed by atoms with van der Waals surface area (Å²) in [4.78, 5) is 31.2. The highest BCUT2D eigenvalue weighted by Gasteiger charge is 2.43. The molecule has 0 N–H and O–H groups in total. The quantitative estimate of drug-likeness (QED) is 0.725. The van der Waals surface area contributed by atoms with E-state index in [1.165, 1.54) is 23.8 Å². The smallest absolute Gasteiger partial charge is 0.283 e. The Bertz CT molecular complexity index is 923. The third-order valence-corrected chi connectivity index (χ3v) is 5.71. The van der Waals surface area contributed by atoms with Gasteiger partial charge >= 0.3 is 0 Å². The molecule has 2 aromatic rings. The lowest BCUT2D eigenvalue weighted by Crippen LogP contribution is -2.40. The van der Waals surface area contributed by atoms with Crippen LogP contribution < -0.4 is 9.64 Å². The zero-order chi connectivity index (χ0) is 19.5. The number of ether oxygens (including phenoxy) is 2. The van der Waals surface area contributed by atoms with Gasteiger partial charge in [-0.25, -0.2) is 4.90 Å². The van der Waals surface area contributed by atoms with Crippen molar-refractivity contribution in [2.45, 2.75) is 4.90 Å². The third-order valence-electron chi connectivity index (χ3n) is 4.63. The number of anilines is 1. The number of hydrogen-bond donors (Lipinski definition) is 0. The van der Waals surface area contributed by atoms with E-state index in [9.17, 15) is 9.59 Å². The summed E-state index contributed by atoms with van der Waals surface area (Å²) in [7, 11) is 1.53. The van der Waals surface area contributed by atoms with Crippen molar-refractivity contribution in [3.63, 3.8) is 0 Å². The summed E-state index contributed by atoms with van der Waals surface area (Å²) < 4.78 is 10.8. The van der Waals surface area contributed by atoms with E-state index < -0.39 is 0 Å².